The van der Waals surface area contributed by atoms with Gasteiger partial charge < -0.3 is 14.8 Å². The number of sulfone groups is 1. The molecule has 1 heterocycles. The average Bonchev–Trinajstić information content (AvgIpc) is 3.06. The van der Waals surface area contributed by atoms with Gasteiger partial charge in [0.05, 0.1) is 18.6 Å². The molecule has 2 aromatic rings. The first-order valence-electron chi connectivity index (χ1n) is 8.91. The highest BCUT2D eigenvalue weighted by Crippen LogP contribution is 2.23. The minimum absolute atomic E-state index is 0.0349. The average molecular weight is 418 g/mol. The lowest BCUT2D eigenvalue weighted by molar-refractivity contribution is -0.125. The summed E-state index contributed by atoms with van der Waals surface area (Å²) in [5.41, 5.74) is 1.51. The number of nitrogens with one attached hydrogen (secondary N) is 1. The summed E-state index contributed by atoms with van der Waals surface area (Å²) >= 11 is 0. The van der Waals surface area contributed by atoms with E-state index in [2.05, 4.69) is 5.32 Å². The molecule has 0 saturated carbocycles. The number of nitrogens with zero attached hydrogens (tertiary/aromatic N) is 1. The fraction of sp³-hybridized carbons (Fsp3) is 0.300. The van der Waals surface area contributed by atoms with Gasteiger partial charge in [0.1, 0.15) is 18.4 Å². The lowest BCUT2D eigenvalue weighted by atomic mass is 10.1. The topological polar surface area (TPSA) is 102 Å². The summed E-state index contributed by atoms with van der Waals surface area (Å²) in [4.78, 5) is 26.3. The molecule has 0 aliphatic carbocycles. The highest BCUT2D eigenvalue weighted by Gasteiger charge is 2.38. The predicted octanol–water partition coefficient (Wildman–Crippen LogP) is 1.74. The highest BCUT2D eigenvalue weighted by atomic mass is 32.2. The van der Waals surface area contributed by atoms with Crippen molar-refractivity contribution in [1.29, 1.82) is 0 Å². The zero-order chi connectivity index (χ0) is 21.0. The zero-order valence-electron chi connectivity index (χ0n) is 16.1. The molecule has 154 valence electrons. The van der Waals surface area contributed by atoms with E-state index < -0.39 is 22.0 Å². The molecule has 0 unspecified atom stereocenters. The molecule has 9 heteroatoms. The van der Waals surface area contributed by atoms with Crippen molar-refractivity contribution < 1.29 is 27.5 Å². The number of methoxy groups -OCH3 is 1. The van der Waals surface area contributed by atoms with Crippen LogP contribution in [0.15, 0.2) is 53.4 Å². The second-order valence-corrected chi connectivity index (χ2v) is 8.68. The standard InChI is InChI=1S/C20H22N2O6S/c1-27-18-6-4-3-5-15(18)12-22-17(13-28-20(22)24)19(23)21-11-14-7-9-16(10-8-14)29(2,25)26/h3-10,17H,11-13H2,1-2H3,(H,21,23)/t17-/m0/s1. The Morgan fingerprint density at radius 3 is 2.55 bits per heavy atom. The van der Waals surface area contributed by atoms with Crippen LogP contribution in [0.1, 0.15) is 11.1 Å². The van der Waals surface area contributed by atoms with Gasteiger partial charge in [-0.3, -0.25) is 9.69 Å². The van der Waals surface area contributed by atoms with Gasteiger partial charge in [0.2, 0.25) is 5.91 Å². The maximum absolute atomic E-state index is 12.6. The van der Waals surface area contributed by atoms with Crippen LogP contribution in [0.4, 0.5) is 4.79 Å². The Kier molecular flexibility index (Phi) is 6.07. The van der Waals surface area contributed by atoms with Gasteiger partial charge in [-0.2, -0.15) is 0 Å². The normalized spacial score (nSPS) is 16.4. The van der Waals surface area contributed by atoms with Crippen molar-refractivity contribution >= 4 is 21.8 Å². The number of carbonyl (C=O) groups is 2. The van der Waals surface area contributed by atoms with Crippen molar-refractivity contribution in [3.8, 4) is 5.75 Å². The lowest BCUT2D eigenvalue weighted by Crippen LogP contribution is -2.45. The Bertz CT molecular complexity index is 1000. The van der Waals surface area contributed by atoms with Crippen molar-refractivity contribution in [3.05, 3.63) is 59.7 Å². The maximum Gasteiger partial charge on any atom is 0.410 e. The van der Waals surface area contributed by atoms with Crippen molar-refractivity contribution in [2.75, 3.05) is 20.0 Å². The molecule has 2 aromatic carbocycles. The minimum Gasteiger partial charge on any atom is -0.496 e. The fourth-order valence-corrected chi connectivity index (χ4v) is 3.65. The number of cyclic esters (lactones) is 1. The lowest BCUT2D eigenvalue weighted by Gasteiger charge is -2.21. The fourth-order valence-electron chi connectivity index (χ4n) is 3.02. The van der Waals surface area contributed by atoms with Crippen LogP contribution in [-0.4, -0.2) is 51.3 Å². The monoisotopic (exact) mass is 418 g/mol. The van der Waals surface area contributed by atoms with Crippen LogP contribution in [0.2, 0.25) is 0 Å². The molecule has 1 atom stereocenters. The molecule has 3 rings (SSSR count). The first-order chi connectivity index (χ1) is 13.8. The first kappa shape index (κ1) is 20.7. The number of hydrogen-bond donors (Lipinski definition) is 1. The van der Waals surface area contributed by atoms with Crippen LogP contribution in [-0.2, 0) is 32.5 Å². The smallest absolute Gasteiger partial charge is 0.410 e. The molecular weight excluding hydrogens is 396 g/mol. The molecule has 2 amide bonds. The number of amides is 2. The summed E-state index contributed by atoms with van der Waals surface area (Å²) < 4.78 is 33.4. The summed E-state index contributed by atoms with van der Waals surface area (Å²) in [6, 6.07) is 12.8. The van der Waals surface area contributed by atoms with E-state index in [0.29, 0.717) is 5.75 Å². The Balaban J connectivity index is 1.65. The van der Waals surface area contributed by atoms with E-state index in [1.54, 1.807) is 25.3 Å². The quantitative estimate of drug-likeness (QED) is 0.735. The first-order valence-corrected chi connectivity index (χ1v) is 10.8. The van der Waals surface area contributed by atoms with E-state index >= 15 is 0 Å². The molecule has 0 aromatic heterocycles. The predicted molar refractivity (Wildman–Crippen MR) is 105 cm³/mol. The molecule has 8 nitrogen and oxygen atoms in total. The van der Waals surface area contributed by atoms with Crippen LogP contribution in [0.5, 0.6) is 5.75 Å². The molecule has 1 fully saturated rings. The number of carbonyl (C=O) groups excluding carboxylic acids is 2. The largest absolute Gasteiger partial charge is 0.496 e. The molecule has 0 radical (unpaired) electrons. The Morgan fingerprint density at radius 2 is 1.90 bits per heavy atom. The van der Waals surface area contributed by atoms with E-state index in [0.717, 1.165) is 17.4 Å². The molecule has 29 heavy (non-hydrogen) atoms. The van der Waals surface area contributed by atoms with Crippen LogP contribution in [0.3, 0.4) is 0 Å². The van der Waals surface area contributed by atoms with Crippen LogP contribution >= 0.6 is 0 Å². The SMILES string of the molecule is COc1ccccc1CN1C(=O)OC[C@H]1C(=O)NCc1ccc(S(C)(=O)=O)cc1. The van der Waals surface area contributed by atoms with E-state index in [1.165, 1.54) is 17.0 Å². The number of benzene rings is 2. The van der Waals surface area contributed by atoms with Crippen molar-refractivity contribution in [2.24, 2.45) is 0 Å². The van der Waals surface area contributed by atoms with Gasteiger partial charge in [-0.15, -0.1) is 0 Å². The number of rotatable bonds is 7. The maximum atomic E-state index is 12.6. The number of hydrogen-bond acceptors (Lipinski definition) is 6. The summed E-state index contributed by atoms with van der Waals surface area (Å²) in [6.07, 6.45) is 0.575. The van der Waals surface area contributed by atoms with Gasteiger partial charge in [-0.1, -0.05) is 30.3 Å². The zero-order valence-corrected chi connectivity index (χ0v) is 16.9. The molecular formula is C20H22N2O6S. The summed E-state index contributed by atoms with van der Waals surface area (Å²) in [7, 11) is -1.73. The molecule has 1 aliphatic heterocycles. The van der Waals surface area contributed by atoms with Crippen molar-refractivity contribution in [2.45, 2.75) is 24.0 Å². The van der Waals surface area contributed by atoms with Crippen LogP contribution in [0.25, 0.3) is 0 Å². The van der Waals surface area contributed by atoms with Gasteiger partial charge in [0.25, 0.3) is 0 Å². The van der Waals surface area contributed by atoms with E-state index in [9.17, 15) is 18.0 Å². The van der Waals surface area contributed by atoms with Gasteiger partial charge in [-0.05, 0) is 23.8 Å². The second-order valence-electron chi connectivity index (χ2n) is 6.67. The number of para-hydroxylation sites is 1. The van der Waals surface area contributed by atoms with Gasteiger partial charge in [0, 0.05) is 18.4 Å². The van der Waals surface area contributed by atoms with E-state index in [1.807, 2.05) is 18.2 Å². The second kappa shape index (κ2) is 8.52. The Hall–Kier alpha value is -3.07. The molecule has 1 N–H and O–H groups in total. The Labute approximate surface area is 169 Å². The van der Waals surface area contributed by atoms with Crippen molar-refractivity contribution in [1.82, 2.24) is 10.2 Å². The van der Waals surface area contributed by atoms with Crippen LogP contribution < -0.4 is 10.1 Å². The van der Waals surface area contributed by atoms with Crippen molar-refractivity contribution in [3.63, 3.8) is 0 Å². The highest BCUT2D eigenvalue weighted by molar-refractivity contribution is 7.90. The molecule has 0 spiro atoms. The summed E-state index contributed by atoms with van der Waals surface area (Å²) in [6.45, 7) is 0.354. The van der Waals surface area contributed by atoms with Crippen LogP contribution in [0, 0.1) is 0 Å². The van der Waals surface area contributed by atoms with Gasteiger partial charge in [0.15, 0.2) is 9.84 Å². The van der Waals surface area contributed by atoms with Gasteiger partial charge in [-0.25, -0.2) is 13.2 Å². The third kappa shape index (κ3) is 4.86. The third-order valence-electron chi connectivity index (χ3n) is 4.63. The number of ether oxygens (including phenoxy) is 2. The molecule has 1 aliphatic rings. The Morgan fingerprint density at radius 1 is 1.21 bits per heavy atom. The minimum atomic E-state index is -3.27. The summed E-state index contributed by atoms with van der Waals surface area (Å²) in [5, 5.41) is 2.77. The van der Waals surface area contributed by atoms with E-state index in [4.69, 9.17) is 9.47 Å². The molecule has 0 bridgehead atoms. The summed E-state index contributed by atoms with van der Waals surface area (Å²) in [5.74, 6) is 0.273. The molecule has 1 saturated heterocycles. The van der Waals surface area contributed by atoms with E-state index in [-0.39, 0.29) is 30.5 Å². The third-order valence-corrected chi connectivity index (χ3v) is 5.76. The van der Waals surface area contributed by atoms with Gasteiger partial charge >= 0.3 is 6.09 Å².